The van der Waals surface area contributed by atoms with Gasteiger partial charge in [-0.3, -0.25) is 14.4 Å². The maximum Gasteiger partial charge on any atom is 0.371 e. The van der Waals surface area contributed by atoms with Crippen LogP contribution in [0.25, 0.3) is 0 Å². The van der Waals surface area contributed by atoms with E-state index in [2.05, 4.69) is 0 Å². The first kappa shape index (κ1) is 25.4. The number of aliphatic hydroxyl groups is 1. The molecule has 2 N–H and O–H groups in total. The highest BCUT2D eigenvalue weighted by Crippen LogP contribution is 2.39. The minimum atomic E-state index is -1.29. The van der Waals surface area contributed by atoms with Crippen LogP contribution in [-0.4, -0.2) is 65.6 Å². The Morgan fingerprint density at radius 2 is 1.63 bits per heavy atom. The molecule has 1 heterocycles. The number of carbonyl (C=O) groups excluding carboxylic acids is 3. The fraction of sp³-hybridized carbons (Fsp3) is 0.700. The lowest BCUT2D eigenvalue weighted by Crippen LogP contribution is -2.52. The van der Waals surface area contributed by atoms with Gasteiger partial charge in [0.15, 0.2) is 12.2 Å². The van der Waals surface area contributed by atoms with Crippen molar-refractivity contribution in [1.82, 2.24) is 0 Å². The van der Waals surface area contributed by atoms with Crippen LogP contribution in [0, 0.1) is 11.8 Å². The molecule has 0 aromatic heterocycles. The number of rotatable bonds is 10. The number of allylic oxidation sites excluding steroid dienone is 1. The second kappa shape index (κ2) is 11.5. The Labute approximate surface area is 175 Å². The lowest BCUT2D eigenvalue weighted by Gasteiger charge is -2.41. The monoisotopic (exact) mass is 430 g/mol. The first-order valence-electron chi connectivity index (χ1n) is 9.71. The summed E-state index contributed by atoms with van der Waals surface area (Å²) in [4.78, 5) is 46.4. The summed E-state index contributed by atoms with van der Waals surface area (Å²) < 4.78 is 21.3. The van der Waals surface area contributed by atoms with Crippen molar-refractivity contribution in [2.24, 2.45) is 11.8 Å². The van der Waals surface area contributed by atoms with Gasteiger partial charge in [0.1, 0.15) is 12.7 Å². The summed E-state index contributed by atoms with van der Waals surface area (Å²) in [5.41, 5.74) is 0.533. The van der Waals surface area contributed by atoms with E-state index in [1.807, 2.05) is 6.92 Å². The zero-order chi connectivity index (χ0) is 23.0. The number of carboxylic acid groups (broad SMARTS) is 1. The van der Waals surface area contributed by atoms with E-state index in [9.17, 15) is 24.3 Å². The number of hydrogen-bond donors (Lipinski definition) is 2. The van der Waals surface area contributed by atoms with Crippen molar-refractivity contribution in [2.45, 2.75) is 65.8 Å². The Kier molecular flexibility index (Phi) is 9.77. The first-order chi connectivity index (χ1) is 14.0. The van der Waals surface area contributed by atoms with E-state index < -0.39 is 48.8 Å². The number of ether oxygens (including phenoxy) is 4. The zero-order valence-electron chi connectivity index (χ0n) is 17.9. The van der Waals surface area contributed by atoms with Gasteiger partial charge in [0.05, 0.1) is 0 Å². The van der Waals surface area contributed by atoms with E-state index in [1.165, 1.54) is 6.92 Å². The van der Waals surface area contributed by atoms with Gasteiger partial charge in [-0.05, 0) is 24.3 Å². The summed E-state index contributed by atoms with van der Waals surface area (Å²) in [6.07, 6.45) is -2.68. The van der Waals surface area contributed by atoms with Crippen LogP contribution in [-0.2, 0) is 38.1 Å². The van der Waals surface area contributed by atoms with Crippen LogP contribution in [0.4, 0.5) is 0 Å². The minimum absolute atomic E-state index is 0.103. The molecular formula is C20H30O10. The zero-order valence-corrected chi connectivity index (χ0v) is 17.9. The van der Waals surface area contributed by atoms with Crippen molar-refractivity contribution >= 4 is 23.9 Å². The molecule has 0 bridgehead atoms. The van der Waals surface area contributed by atoms with Crippen molar-refractivity contribution in [3.8, 4) is 0 Å². The maximum atomic E-state index is 11.8. The van der Waals surface area contributed by atoms with E-state index in [-0.39, 0.29) is 24.2 Å². The third-order valence-electron chi connectivity index (χ3n) is 4.96. The predicted octanol–water partition coefficient (Wildman–Crippen LogP) is 1.20. The van der Waals surface area contributed by atoms with Crippen molar-refractivity contribution in [1.29, 1.82) is 0 Å². The highest BCUT2D eigenvalue weighted by molar-refractivity contribution is 5.85. The van der Waals surface area contributed by atoms with Gasteiger partial charge >= 0.3 is 23.9 Å². The molecule has 0 radical (unpaired) electrons. The summed E-state index contributed by atoms with van der Waals surface area (Å²) in [6, 6.07) is 0. The molecule has 0 saturated carbocycles. The lowest BCUT2D eigenvalue weighted by molar-refractivity contribution is -0.190. The molecule has 0 unspecified atom stereocenters. The van der Waals surface area contributed by atoms with Crippen LogP contribution in [0.15, 0.2) is 11.3 Å². The van der Waals surface area contributed by atoms with Gasteiger partial charge in [0, 0.05) is 33.3 Å². The molecule has 0 aliphatic carbocycles. The number of esters is 3. The Hall–Kier alpha value is -2.62. The summed E-state index contributed by atoms with van der Waals surface area (Å²) in [5.74, 6) is -4.24. The van der Waals surface area contributed by atoms with Crippen LogP contribution >= 0.6 is 0 Å². The van der Waals surface area contributed by atoms with Crippen LogP contribution in [0.5, 0.6) is 0 Å². The maximum absolute atomic E-state index is 11.8. The molecule has 1 aliphatic heterocycles. The third-order valence-corrected chi connectivity index (χ3v) is 4.96. The van der Waals surface area contributed by atoms with Gasteiger partial charge in [0.2, 0.25) is 5.76 Å². The van der Waals surface area contributed by atoms with Gasteiger partial charge in [-0.25, -0.2) is 4.79 Å². The highest BCUT2D eigenvalue weighted by Gasteiger charge is 2.46. The normalized spacial score (nSPS) is 23.1. The van der Waals surface area contributed by atoms with Gasteiger partial charge in [-0.1, -0.05) is 13.8 Å². The topological polar surface area (TPSA) is 146 Å². The van der Waals surface area contributed by atoms with E-state index in [1.54, 1.807) is 6.92 Å². The van der Waals surface area contributed by atoms with Crippen LogP contribution < -0.4 is 0 Å². The number of carboxylic acids is 1. The van der Waals surface area contributed by atoms with E-state index >= 15 is 0 Å². The average Bonchev–Trinajstić information content (AvgIpc) is 2.63. The average molecular weight is 430 g/mol. The molecule has 0 fully saturated rings. The molecule has 30 heavy (non-hydrogen) atoms. The van der Waals surface area contributed by atoms with Crippen LogP contribution in [0.2, 0.25) is 0 Å². The fourth-order valence-electron chi connectivity index (χ4n) is 3.45. The SMILES string of the molecule is CC(=O)OC[C@@H](OC(C)=O)[C@@H](OC(C)=O)[C@@H]1OC(C(=O)O)=C(CCCO)[C@H](C)[C@H]1C. The predicted molar refractivity (Wildman–Crippen MR) is 102 cm³/mol. The first-order valence-corrected chi connectivity index (χ1v) is 9.71. The second-order valence-corrected chi connectivity index (χ2v) is 7.24. The van der Waals surface area contributed by atoms with Gasteiger partial charge < -0.3 is 29.2 Å². The van der Waals surface area contributed by atoms with E-state index in [0.717, 1.165) is 13.8 Å². The summed E-state index contributed by atoms with van der Waals surface area (Å²) in [7, 11) is 0. The molecule has 0 spiro atoms. The molecule has 170 valence electrons. The van der Waals surface area contributed by atoms with Crippen molar-refractivity contribution in [3.05, 3.63) is 11.3 Å². The molecule has 10 heteroatoms. The quantitative estimate of drug-likeness (QED) is 0.383. The largest absolute Gasteiger partial charge is 0.479 e. The van der Waals surface area contributed by atoms with Crippen LogP contribution in [0.1, 0.15) is 47.5 Å². The third kappa shape index (κ3) is 7.01. The molecule has 1 aliphatic rings. The highest BCUT2D eigenvalue weighted by atomic mass is 16.6. The Morgan fingerprint density at radius 1 is 1.03 bits per heavy atom. The molecule has 5 atom stereocenters. The molecule has 0 saturated heterocycles. The Balaban J connectivity index is 3.35. The van der Waals surface area contributed by atoms with Crippen molar-refractivity contribution in [2.75, 3.05) is 13.2 Å². The van der Waals surface area contributed by atoms with E-state index in [0.29, 0.717) is 18.4 Å². The van der Waals surface area contributed by atoms with Gasteiger partial charge in [-0.15, -0.1) is 0 Å². The molecule has 0 amide bonds. The van der Waals surface area contributed by atoms with Crippen LogP contribution in [0.3, 0.4) is 0 Å². The molecule has 1 rings (SSSR count). The minimum Gasteiger partial charge on any atom is -0.479 e. The number of carbonyl (C=O) groups is 4. The van der Waals surface area contributed by atoms with E-state index in [4.69, 9.17) is 24.1 Å². The summed E-state index contributed by atoms with van der Waals surface area (Å²) >= 11 is 0. The molecule has 0 aromatic rings. The number of aliphatic carboxylic acids is 1. The number of aliphatic hydroxyl groups excluding tert-OH is 1. The molecule has 10 nitrogen and oxygen atoms in total. The Bertz CT molecular complexity index is 683. The van der Waals surface area contributed by atoms with Gasteiger partial charge in [0.25, 0.3) is 0 Å². The lowest BCUT2D eigenvalue weighted by atomic mass is 9.78. The number of hydrogen-bond acceptors (Lipinski definition) is 9. The van der Waals surface area contributed by atoms with Gasteiger partial charge in [-0.2, -0.15) is 0 Å². The smallest absolute Gasteiger partial charge is 0.371 e. The van der Waals surface area contributed by atoms with Crippen molar-refractivity contribution < 1.29 is 48.3 Å². The van der Waals surface area contributed by atoms with Crippen molar-refractivity contribution in [3.63, 3.8) is 0 Å². The second-order valence-electron chi connectivity index (χ2n) is 7.24. The standard InChI is InChI=1S/C20H30O10/c1-10-11(2)17(30-18(20(25)26)15(10)7-6-8-21)19(29-14(5)24)16(28-13(4)23)9-27-12(3)22/h10-11,16-17,19,21H,6-9H2,1-5H3,(H,25,26)/t10-,11-,16-,17-,19-/m1/s1. The molecule has 0 aromatic carbocycles. The Morgan fingerprint density at radius 3 is 2.10 bits per heavy atom. The summed E-state index contributed by atoms with van der Waals surface area (Å²) in [6.45, 7) is 6.58. The fourth-order valence-corrected chi connectivity index (χ4v) is 3.45. The summed E-state index contributed by atoms with van der Waals surface area (Å²) in [5, 5.41) is 18.8. The molecular weight excluding hydrogens is 400 g/mol.